The summed E-state index contributed by atoms with van der Waals surface area (Å²) in [4.78, 5) is 2.43. The highest BCUT2D eigenvalue weighted by Gasteiger charge is 2.54. The van der Waals surface area contributed by atoms with Crippen molar-refractivity contribution >= 4 is 97.6 Å². The van der Waals surface area contributed by atoms with Gasteiger partial charge in [0.1, 0.15) is 11.5 Å². The first-order valence-electron chi connectivity index (χ1n) is 37.8. The molecule has 4 aliphatic rings. The summed E-state index contributed by atoms with van der Waals surface area (Å²) in [5.74, 6) is 1.75. The summed E-state index contributed by atoms with van der Waals surface area (Å²) in [7, 11) is 3.49. The largest absolute Gasteiger partial charge is 0.497 e. The van der Waals surface area contributed by atoms with Gasteiger partial charge in [0.25, 0.3) is 0 Å². The lowest BCUT2D eigenvalue weighted by atomic mass is 9.70. The average molecular weight is 1460 g/mol. The molecule has 0 amide bonds. The molecule has 3 nitrogen and oxygen atoms in total. The van der Waals surface area contributed by atoms with Crippen molar-refractivity contribution in [2.75, 3.05) is 19.1 Å². The molecular weight excluding hydrogens is 1390 g/mol. The van der Waals surface area contributed by atoms with E-state index >= 15 is 0 Å². The summed E-state index contributed by atoms with van der Waals surface area (Å²) < 4.78 is 12.5. The van der Waals surface area contributed by atoms with Crippen LogP contribution in [-0.4, -0.2) is 14.2 Å². The molecule has 0 saturated heterocycles. The van der Waals surface area contributed by atoms with Crippen LogP contribution >= 0.6 is 15.9 Å². The van der Waals surface area contributed by atoms with Crippen molar-refractivity contribution in [3.8, 4) is 56.0 Å². The van der Waals surface area contributed by atoms with E-state index < -0.39 is 5.41 Å². The topological polar surface area (TPSA) is 21.7 Å². The van der Waals surface area contributed by atoms with E-state index in [9.17, 15) is 0 Å². The molecular formula is C105H76BrNO2. The molecule has 4 aliphatic carbocycles. The first-order valence-corrected chi connectivity index (χ1v) is 38.6. The third-order valence-electron chi connectivity index (χ3n) is 23.8. The Hall–Kier alpha value is -12.6. The van der Waals surface area contributed by atoms with Gasteiger partial charge in [-0.1, -0.05) is 270 Å². The van der Waals surface area contributed by atoms with Gasteiger partial charge in [-0.3, -0.25) is 0 Å². The third-order valence-corrected chi connectivity index (χ3v) is 24.3. The summed E-state index contributed by atoms with van der Waals surface area (Å²) in [5.41, 5.74) is 31.7. The highest BCUT2D eigenvalue weighted by Crippen LogP contribution is 2.66. The van der Waals surface area contributed by atoms with Crippen LogP contribution in [0.5, 0.6) is 11.5 Å². The van der Waals surface area contributed by atoms with E-state index in [1.165, 1.54) is 187 Å². The van der Waals surface area contributed by atoms with Crippen molar-refractivity contribution < 1.29 is 9.47 Å². The Morgan fingerprint density at radius 1 is 0.239 bits per heavy atom. The molecule has 0 aliphatic heterocycles. The van der Waals surface area contributed by atoms with Gasteiger partial charge >= 0.3 is 0 Å². The van der Waals surface area contributed by atoms with E-state index in [1.807, 2.05) is 0 Å². The lowest BCUT2D eigenvalue weighted by Crippen LogP contribution is -2.26. The van der Waals surface area contributed by atoms with Gasteiger partial charge < -0.3 is 14.4 Å². The third kappa shape index (κ3) is 10.2. The van der Waals surface area contributed by atoms with E-state index in [2.05, 4.69) is 388 Å². The normalized spacial score (nSPS) is 13.1. The summed E-state index contributed by atoms with van der Waals surface area (Å²) in [6.07, 6.45) is 1.03. The number of benzene rings is 18. The summed E-state index contributed by atoms with van der Waals surface area (Å²) >= 11 is 3.83. The average Bonchev–Trinajstić information content (AvgIpc) is 1.51. The molecule has 109 heavy (non-hydrogen) atoms. The van der Waals surface area contributed by atoms with E-state index in [4.69, 9.17) is 9.47 Å². The number of rotatable bonds is 7. The molecule has 22 rings (SSSR count). The van der Waals surface area contributed by atoms with Crippen molar-refractivity contribution in [3.05, 3.63) is 422 Å². The van der Waals surface area contributed by atoms with Crippen LogP contribution in [0, 0.1) is 27.7 Å². The molecule has 0 fully saturated rings. The van der Waals surface area contributed by atoms with Crippen molar-refractivity contribution in [1.82, 2.24) is 0 Å². The number of hydrogen-bond donors (Lipinski definition) is 0. The minimum absolute atomic E-state index is 0.375. The monoisotopic (exact) mass is 1460 g/mol. The van der Waals surface area contributed by atoms with Gasteiger partial charge in [0.2, 0.25) is 0 Å². The standard InChI is InChI=1S/C52H37NO.C38H23BrO.C15H16/c1-32-12-10-14-34(26-32)53(35-15-11-13-33(2)27-35)36-22-24-43-47-30-45-39-17-5-4-16-38(39)44-29-37(54-3)23-25-40(44)46(45)31-51(47)52(50(43)28-36)48-20-8-6-18-41(48)42-19-7-9-21-49(42)52;1-40-23-15-17-26-30(19-23)24-8-2-3-9-25(24)31-20-33-29-16-14-22(39)18-36(29)38(37(33)21-32(26)31)34-12-6-4-10-27(34)28-11-5-7-13-35(28)38;1-12-5-3-7-14(9-12)11-15-8-4-6-13(2)10-15/h4-31H,1-3H3;2-21H,1H3;3-10H,11H2,1-2H3. The zero-order valence-electron chi connectivity index (χ0n) is 61.7. The molecule has 0 saturated carbocycles. The first kappa shape index (κ1) is 65.9. The fourth-order valence-corrected chi connectivity index (χ4v) is 19.7. The van der Waals surface area contributed by atoms with Crippen LogP contribution in [0.25, 0.3) is 109 Å². The smallest absolute Gasteiger partial charge is 0.119 e. The van der Waals surface area contributed by atoms with Crippen molar-refractivity contribution in [2.45, 2.75) is 44.9 Å². The predicted octanol–water partition coefficient (Wildman–Crippen LogP) is 27.7. The highest BCUT2D eigenvalue weighted by atomic mass is 79.9. The van der Waals surface area contributed by atoms with Crippen molar-refractivity contribution in [3.63, 3.8) is 0 Å². The molecule has 0 unspecified atom stereocenters. The Morgan fingerprint density at radius 3 is 0.963 bits per heavy atom. The summed E-state index contributed by atoms with van der Waals surface area (Å²) in [5, 5.41) is 15.1. The maximum Gasteiger partial charge on any atom is 0.119 e. The van der Waals surface area contributed by atoms with Crippen LogP contribution in [0.15, 0.2) is 344 Å². The molecule has 0 N–H and O–H groups in total. The van der Waals surface area contributed by atoms with E-state index in [0.717, 1.165) is 39.5 Å². The van der Waals surface area contributed by atoms with Crippen molar-refractivity contribution in [1.29, 1.82) is 0 Å². The Labute approximate surface area is 644 Å². The van der Waals surface area contributed by atoms with Gasteiger partial charge in [-0.25, -0.2) is 0 Å². The number of methoxy groups -OCH3 is 2. The summed E-state index contributed by atoms with van der Waals surface area (Å²) in [6.45, 7) is 8.62. The quantitative estimate of drug-likeness (QED) is 0.148. The number of ether oxygens (including phenoxy) is 2. The number of anilines is 3. The van der Waals surface area contributed by atoms with Crippen LogP contribution in [-0.2, 0) is 17.3 Å². The molecule has 0 radical (unpaired) electrons. The molecule has 0 aromatic heterocycles. The lowest BCUT2D eigenvalue weighted by Gasteiger charge is -2.32. The number of halogens is 1. The molecule has 18 aromatic rings. The summed E-state index contributed by atoms with van der Waals surface area (Å²) in [6, 6.07) is 126. The second kappa shape index (κ2) is 25.8. The van der Waals surface area contributed by atoms with Gasteiger partial charge in [-0.15, -0.1) is 0 Å². The van der Waals surface area contributed by atoms with Crippen LogP contribution in [0.2, 0.25) is 0 Å². The molecule has 520 valence electrons. The van der Waals surface area contributed by atoms with E-state index in [-0.39, 0.29) is 5.41 Å². The Kier molecular flexibility index (Phi) is 15.6. The number of hydrogen-bond acceptors (Lipinski definition) is 3. The molecule has 0 heterocycles. The SMILES string of the molecule is COc1ccc2c(c1)c1ccccc1c1cc3c(cc21)C1(c2ccccc2-c2ccccc21)c1cc(Br)ccc1-3.COc1ccc2c(c1)c1ccccc1c1cc3c(cc21)C1(c2ccccc2-c2ccccc21)c1cc(N(c2cccc(C)c2)c2cccc(C)c2)ccc1-3.Cc1cccc(Cc2cccc(C)c2)c1. The van der Waals surface area contributed by atoms with Crippen LogP contribution < -0.4 is 14.4 Å². The second-order valence-electron chi connectivity index (χ2n) is 30.1. The molecule has 0 atom stereocenters. The fourth-order valence-electron chi connectivity index (χ4n) is 19.3. The molecule has 4 heteroatoms. The Bertz CT molecular complexity index is 6660. The van der Waals surface area contributed by atoms with Gasteiger partial charge in [-0.2, -0.15) is 0 Å². The minimum Gasteiger partial charge on any atom is -0.497 e. The molecule has 2 spiro atoms. The predicted molar refractivity (Wildman–Crippen MR) is 461 cm³/mol. The maximum absolute atomic E-state index is 5.76. The molecule has 18 aromatic carbocycles. The maximum atomic E-state index is 5.76. The highest BCUT2D eigenvalue weighted by molar-refractivity contribution is 9.10. The Morgan fingerprint density at radius 2 is 0.560 bits per heavy atom. The number of fused-ring (bicyclic) bond motifs is 32. The van der Waals surface area contributed by atoms with Crippen molar-refractivity contribution in [2.24, 2.45) is 0 Å². The lowest BCUT2D eigenvalue weighted by molar-refractivity contribution is 0.415. The van der Waals surface area contributed by atoms with Gasteiger partial charge in [-0.05, 0) is 307 Å². The number of aryl methyl sites for hydroxylation is 4. The van der Waals surface area contributed by atoms with E-state index in [0.29, 0.717) is 0 Å². The van der Waals surface area contributed by atoms with Crippen LogP contribution in [0.4, 0.5) is 17.1 Å². The van der Waals surface area contributed by atoms with Crippen LogP contribution in [0.1, 0.15) is 77.9 Å². The minimum atomic E-state index is -0.503. The van der Waals surface area contributed by atoms with E-state index in [1.54, 1.807) is 14.2 Å². The molecule has 0 bridgehead atoms. The van der Waals surface area contributed by atoms with Crippen LogP contribution in [0.3, 0.4) is 0 Å². The fraction of sp³-hybridized carbons (Fsp3) is 0.0857. The van der Waals surface area contributed by atoms with Gasteiger partial charge in [0, 0.05) is 21.5 Å². The Balaban J connectivity index is 0.000000124. The second-order valence-corrected chi connectivity index (χ2v) is 31.0. The van der Waals surface area contributed by atoms with Gasteiger partial charge in [0.15, 0.2) is 0 Å². The zero-order chi connectivity index (χ0) is 73.4. The number of nitrogens with zero attached hydrogens (tertiary/aromatic N) is 1. The first-order chi connectivity index (χ1) is 53.5. The van der Waals surface area contributed by atoms with Gasteiger partial charge in [0.05, 0.1) is 25.0 Å². The zero-order valence-corrected chi connectivity index (χ0v) is 63.3.